The maximum absolute atomic E-state index is 9.62. The van der Waals surface area contributed by atoms with Crippen LogP contribution in [0.5, 0.6) is 11.5 Å². The van der Waals surface area contributed by atoms with Crippen LogP contribution in [0.4, 0.5) is 0 Å². The fraction of sp³-hybridized carbons (Fsp3) is 0.231. The van der Waals surface area contributed by atoms with Crippen molar-refractivity contribution < 1.29 is 9.84 Å². The van der Waals surface area contributed by atoms with Crippen molar-refractivity contribution in [3.05, 3.63) is 47.5 Å². The Labute approximate surface area is 110 Å². The fourth-order valence-electron chi connectivity index (χ4n) is 1.44. The molecule has 0 aromatic carbocycles. The van der Waals surface area contributed by atoms with Crippen molar-refractivity contribution in [2.75, 3.05) is 0 Å². The monoisotopic (exact) mass is 264 g/mol. The number of pyridine rings is 2. The topological polar surface area (TPSA) is 55.2 Å². The standard InChI is InChI=1S/C13H13ClN2O2/c1-2-13(17)12-4-3-10(8-16-12)18-11-5-9(14)6-15-7-11/h3-8,13,17H,2H2,1H3/t13-/m1/s1. The predicted octanol–water partition coefficient (Wildman–Crippen LogP) is 3.37. The molecule has 0 saturated heterocycles. The molecule has 0 unspecified atom stereocenters. The summed E-state index contributed by atoms with van der Waals surface area (Å²) in [6.45, 7) is 1.90. The highest BCUT2D eigenvalue weighted by Crippen LogP contribution is 2.23. The van der Waals surface area contributed by atoms with Crippen molar-refractivity contribution in [3.8, 4) is 11.5 Å². The first-order chi connectivity index (χ1) is 8.69. The molecule has 0 spiro atoms. The minimum absolute atomic E-state index is 0.512. The Bertz CT molecular complexity index is 517. The molecule has 2 heterocycles. The molecule has 0 aliphatic rings. The van der Waals surface area contributed by atoms with Crippen LogP contribution in [-0.4, -0.2) is 15.1 Å². The third kappa shape index (κ3) is 3.18. The first-order valence-electron chi connectivity index (χ1n) is 5.61. The van der Waals surface area contributed by atoms with Gasteiger partial charge in [0.2, 0.25) is 0 Å². The highest BCUT2D eigenvalue weighted by molar-refractivity contribution is 6.30. The van der Waals surface area contributed by atoms with Gasteiger partial charge in [0.1, 0.15) is 11.5 Å². The average molecular weight is 265 g/mol. The number of rotatable bonds is 4. The van der Waals surface area contributed by atoms with Gasteiger partial charge in [-0.15, -0.1) is 0 Å². The number of aliphatic hydroxyl groups is 1. The lowest BCUT2D eigenvalue weighted by atomic mass is 10.2. The Balaban J connectivity index is 2.11. The van der Waals surface area contributed by atoms with Crippen LogP contribution in [0.15, 0.2) is 36.8 Å². The first-order valence-corrected chi connectivity index (χ1v) is 5.99. The Kier molecular flexibility index (Phi) is 4.12. The number of ether oxygens (including phenoxy) is 1. The summed E-state index contributed by atoms with van der Waals surface area (Å²) in [7, 11) is 0. The molecule has 4 nitrogen and oxygen atoms in total. The van der Waals surface area contributed by atoms with Gasteiger partial charge in [-0.25, -0.2) is 0 Å². The number of nitrogens with zero attached hydrogens (tertiary/aromatic N) is 2. The lowest BCUT2D eigenvalue weighted by Crippen LogP contribution is -1.98. The second-order valence-corrected chi connectivity index (χ2v) is 4.22. The minimum Gasteiger partial charge on any atom is -0.454 e. The molecule has 0 fully saturated rings. The van der Waals surface area contributed by atoms with Crippen molar-refractivity contribution >= 4 is 11.6 Å². The third-order valence-corrected chi connectivity index (χ3v) is 2.61. The van der Waals surface area contributed by atoms with Crippen LogP contribution in [-0.2, 0) is 0 Å². The normalized spacial score (nSPS) is 12.2. The Morgan fingerprint density at radius 1 is 1.28 bits per heavy atom. The summed E-state index contributed by atoms with van der Waals surface area (Å²) in [5, 5.41) is 10.1. The Morgan fingerprint density at radius 3 is 2.72 bits per heavy atom. The van der Waals surface area contributed by atoms with Gasteiger partial charge in [-0.05, 0) is 18.6 Å². The van der Waals surface area contributed by atoms with E-state index in [0.29, 0.717) is 28.6 Å². The molecule has 1 N–H and O–H groups in total. The van der Waals surface area contributed by atoms with Crippen molar-refractivity contribution in [2.24, 2.45) is 0 Å². The van der Waals surface area contributed by atoms with E-state index < -0.39 is 6.10 Å². The SMILES string of the molecule is CC[C@@H](O)c1ccc(Oc2cncc(Cl)c2)cn1. The van der Waals surface area contributed by atoms with Crippen LogP contribution in [0.25, 0.3) is 0 Å². The van der Waals surface area contributed by atoms with Crippen molar-refractivity contribution in [1.29, 1.82) is 0 Å². The van der Waals surface area contributed by atoms with Crippen LogP contribution in [0, 0.1) is 0 Å². The molecule has 0 aliphatic heterocycles. The first kappa shape index (κ1) is 12.8. The summed E-state index contributed by atoms with van der Waals surface area (Å²) in [5.41, 5.74) is 0.633. The molecular weight excluding hydrogens is 252 g/mol. The zero-order valence-corrected chi connectivity index (χ0v) is 10.6. The van der Waals surface area contributed by atoms with E-state index in [1.54, 1.807) is 30.6 Å². The number of hydrogen-bond donors (Lipinski definition) is 1. The summed E-state index contributed by atoms with van der Waals surface area (Å²) in [6, 6.07) is 5.16. The molecule has 0 aliphatic carbocycles. The summed E-state index contributed by atoms with van der Waals surface area (Å²) in [6.07, 6.45) is 4.76. The van der Waals surface area contributed by atoms with E-state index in [1.807, 2.05) is 6.92 Å². The van der Waals surface area contributed by atoms with E-state index >= 15 is 0 Å². The van der Waals surface area contributed by atoms with Gasteiger partial charge >= 0.3 is 0 Å². The zero-order chi connectivity index (χ0) is 13.0. The Hall–Kier alpha value is -1.65. The van der Waals surface area contributed by atoms with E-state index in [9.17, 15) is 5.11 Å². The van der Waals surface area contributed by atoms with Crippen LogP contribution in [0.3, 0.4) is 0 Å². The number of aliphatic hydroxyl groups excluding tert-OH is 1. The summed E-state index contributed by atoms with van der Waals surface area (Å²) in [4.78, 5) is 8.06. The highest BCUT2D eigenvalue weighted by atomic mass is 35.5. The van der Waals surface area contributed by atoms with Crippen LogP contribution >= 0.6 is 11.6 Å². The fourth-order valence-corrected chi connectivity index (χ4v) is 1.61. The lowest BCUT2D eigenvalue weighted by Gasteiger charge is -2.08. The number of halogens is 1. The second-order valence-electron chi connectivity index (χ2n) is 3.78. The van der Waals surface area contributed by atoms with Crippen molar-refractivity contribution in [1.82, 2.24) is 9.97 Å². The van der Waals surface area contributed by atoms with E-state index in [-0.39, 0.29) is 0 Å². The van der Waals surface area contributed by atoms with Crippen molar-refractivity contribution in [3.63, 3.8) is 0 Å². The summed E-state index contributed by atoms with van der Waals surface area (Å²) >= 11 is 5.81. The molecule has 0 radical (unpaired) electrons. The van der Waals surface area contributed by atoms with Gasteiger partial charge < -0.3 is 9.84 Å². The Morgan fingerprint density at radius 2 is 2.11 bits per heavy atom. The van der Waals surface area contributed by atoms with Gasteiger partial charge in [0, 0.05) is 12.3 Å². The van der Waals surface area contributed by atoms with Crippen LogP contribution < -0.4 is 4.74 Å². The van der Waals surface area contributed by atoms with Gasteiger partial charge in [-0.3, -0.25) is 9.97 Å². The average Bonchev–Trinajstić information content (AvgIpc) is 2.39. The van der Waals surface area contributed by atoms with Crippen LogP contribution in [0.2, 0.25) is 5.02 Å². The zero-order valence-electron chi connectivity index (χ0n) is 9.88. The van der Waals surface area contributed by atoms with Gasteiger partial charge in [-0.2, -0.15) is 0 Å². The molecule has 2 aromatic rings. The summed E-state index contributed by atoms with van der Waals surface area (Å²) < 4.78 is 5.54. The maximum Gasteiger partial charge on any atom is 0.147 e. The molecule has 5 heteroatoms. The minimum atomic E-state index is -0.535. The van der Waals surface area contributed by atoms with Crippen molar-refractivity contribution in [2.45, 2.75) is 19.4 Å². The quantitative estimate of drug-likeness (QED) is 0.920. The van der Waals surface area contributed by atoms with Gasteiger partial charge in [0.25, 0.3) is 0 Å². The van der Waals surface area contributed by atoms with E-state index in [2.05, 4.69) is 9.97 Å². The number of aromatic nitrogens is 2. The molecule has 2 aromatic heterocycles. The van der Waals surface area contributed by atoms with Gasteiger partial charge in [0.15, 0.2) is 0 Å². The largest absolute Gasteiger partial charge is 0.454 e. The molecule has 2 rings (SSSR count). The van der Waals surface area contributed by atoms with Crippen LogP contribution in [0.1, 0.15) is 25.1 Å². The van der Waals surface area contributed by atoms with E-state index in [0.717, 1.165) is 0 Å². The highest BCUT2D eigenvalue weighted by Gasteiger charge is 2.06. The lowest BCUT2D eigenvalue weighted by molar-refractivity contribution is 0.169. The molecule has 0 amide bonds. The third-order valence-electron chi connectivity index (χ3n) is 2.40. The second kappa shape index (κ2) is 5.80. The molecular formula is C13H13ClN2O2. The predicted molar refractivity (Wildman–Crippen MR) is 68.8 cm³/mol. The van der Waals surface area contributed by atoms with E-state index in [4.69, 9.17) is 16.3 Å². The van der Waals surface area contributed by atoms with Gasteiger partial charge in [-0.1, -0.05) is 18.5 Å². The molecule has 1 atom stereocenters. The smallest absolute Gasteiger partial charge is 0.147 e. The molecule has 94 valence electrons. The molecule has 18 heavy (non-hydrogen) atoms. The maximum atomic E-state index is 9.62. The molecule has 0 saturated carbocycles. The summed E-state index contributed by atoms with van der Waals surface area (Å²) in [5.74, 6) is 1.12. The van der Waals surface area contributed by atoms with E-state index in [1.165, 1.54) is 6.20 Å². The van der Waals surface area contributed by atoms with Gasteiger partial charge in [0.05, 0.1) is 29.2 Å². The number of hydrogen-bond acceptors (Lipinski definition) is 4. The molecule has 0 bridgehead atoms.